The van der Waals surface area contributed by atoms with Gasteiger partial charge in [-0.2, -0.15) is 0 Å². The standard InChI is InChI=1S/C18H15Cl2N3O4S/c19-13-6-8-15(9-7-13)28(25,26)10-2-5-16(24)21-18-23-22-17(27-18)12-3-1-4-14(20)11-12/h1,3-4,6-9,11H,2,5,10H2,(H,21,23,24). The Kier molecular flexibility index (Phi) is 6.33. The molecule has 2 aromatic carbocycles. The normalized spacial score (nSPS) is 11.4. The lowest BCUT2D eigenvalue weighted by atomic mass is 10.2. The van der Waals surface area contributed by atoms with E-state index in [2.05, 4.69) is 15.5 Å². The third-order valence-corrected chi connectivity index (χ3v) is 6.04. The molecule has 0 saturated heterocycles. The zero-order valence-electron chi connectivity index (χ0n) is 14.4. The van der Waals surface area contributed by atoms with Gasteiger partial charge in [-0.3, -0.25) is 10.1 Å². The molecule has 0 aliphatic carbocycles. The lowest BCUT2D eigenvalue weighted by molar-refractivity contribution is -0.116. The minimum atomic E-state index is -3.48. The van der Waals surface area contributed by atoms with Gasteiger partial charge in [0.05, 0.1) is 10.6 Å². The Labute approximate surface area is 171 Å². The van der Waals surface area contributed by atoms with Gasteiger partial charge in [-0.05, 0) is 48.9 Å². The van der Waals surface area contributed by atoms with Gasteiger partial charge in [-0.1, -0.05) is 34.4 Å². The highest BCUT2D eigenvalue weighted by Crippen LogP contribution is 2.23. The number of nitrogens with one attached hydrogen (secondary N) is 1. The third kappa shape index (κ3) is 5.31. The van der Waals surface area contributed by atoms with Crippen molar-refractivity contribution in [1.29, 1.82) is 0 Å². The Morgan fingerprint density at radius 3 is 2.50 bits per heavy atom. The van der Waals surface area contributed by atoms with E-state index in [1.807, 2.05) is 0 Å². The number of rotatable bonds is 7. The number of halogens is 2. The monoisotopic (exact) mass is 439 g/mol. The topological polar surface area (TPSA) is 102 Å². The zero-order valence-corrected chi connectivity index (χ0v) is 16.8. The van der Waals surface area contributed by atoms with Gasteiger partial charge in [0.25, 0.3) is 0 Å². The van der Waals surface area contributed by atoms with Gasteiger partial charge in [0.15, 0.2) is 9.84 Å². The summed E-state index contributed by atoms with van der Waals surface area (Å²) in [6, 6.07) is 12.7. The van der Waals surface area contributed by atoms with Crippen LogP contribution in [0.1, 0.15) is 12.8 Å². The maximum atomic E-state index is 12.2. The first-order valence-corrected chi connectivity index (χ1v) is 10.6. The van der Waals surface area contributed by atoms with E-state index in [1.54, 1.807) is 24.3 Å². The number of hydrogen-bond donors (Lipinski definition) is 1. The maximum absolute atomic E-state index is 12.2. The van der Waals surface area contributed by atoms with Gasteiger partial charge in [-0.25, -0.2) is 8.42 Å². The number of nitrogens with zero attached hydrogens (tertiary/aromatic N) is 2. The Morgan fingerprint density at radius 2 is 1.79 bits per heavy atom. The first-order valence-electron chi connectivity index (χ1n) is 8.21. The molecule has 3 rings (SSSR count). The van der Waals surface area contributed by atoms with E-state index >= 15 is 0 Å². The minimum Gasteiger partial charge on any atom is -0.403 e. The maximum Gasteiger partial charge on any atom is 0.322 e. The smallest absolute Gasteiger partial charge is 0.322 e. The van der Waals surface area contributed by atoms with E-state index < -0.39 is 15.7 Å². The van der Waals surface area contributed by atoms with Gasteiger partial charge < -0.3 is 4.42 Å². The van der Waals surface area contributed by atoms with E-state index in [-0.39, 0.29) is 35.4 Å². The van der Waals surface area contributed by atoms with Crippen molar-refractivity contribution in [2.24, 2.45) is 0 Å². The second kappa shape index (κ2) is 8.72. The van der Waals surface area contributed by atoms with Crippen LogP contribution in [0, 0.1) is 0 Å². The summed E-state index contributed by atoms with van der Waals surface area (Å²) < 4.78 is 29.9. The molecule has 146 valence electrons. The fourth-order valence-electron chi connectivity index (χ4n) is 2.38. The third-order valence-electron chi connectivity index (χ3n) is 3.73. The highest BCUT2D eigenvalue weighted by molar-refractivity contribution is 7.91. The van der Waals surface area contributed by atoms with Crippen molar-refractivity contribution >= 4 is 45.0 Å². The first-order chi connectivity index (χ1) is 13.3. The molecule has 0 aliphatic heterocycles. The van der Waals surface area contributed by atoms with Crippen molar-refractivity contribution in [1.82, 2.24) is 10.2 Å². The predicted octanol–water partition coefficient (Wildman–Crippen LogP) is 4.24. The largest absolute Gasteiger partial charge is 0.403 e. The van der Waals surface area contributed by atoms with Gasteiger partial charge in [0.1, 0.15) is 0 Å². The van der Waals surface area contributed by atoms with Crippen LogP contribution in [-0.2, 0) is 14.6 Å². The van der Waals surface area contributed by atoms with E-state index in [0.29, 0.717) is 15.6 Å². The van der Waals surface area contributed by atoms with Gasteiger partial charge >= 0.3 is 6.01 Å². The number of hydrogen-bond acceptors (Lipinski definition) is 6. The molecule has 3 aromatic rings. The molecule has 1 N–H and O–H groups in total. The average molecular weight is 440 g/mol. The lowest BCUT2D eigenvalue weighted by Crippen LogP contribution is -2.14. The van der Waals surface area contributed by atoms with E-state index in [4.69, 9.17) is 27.6 Å². The molecule has 10 heteroatoms. The van der Waals surface area contributed by atoms with Crippen molar-refractivity contribution < 1.29 is 17.6 Å². The van der Waals surface area contributed by atoms with E-state index in [9.17, 15) is 13.2 Å². The van der Waals surface area contributed by atoms with Crippen LogP contribution in [0.4, 0.5) is 6.01 Å². The number of amides is 1. The SMILES string of the molecule is O=C(CCCS(=O)(=O)c1ccc(Cl)cc1)Nc1nnc(-c2cccc(Cl)c2)o1. The van der Waals surface area contributed by atoms with Gasteiger partial charge in [0, 0.05) is 22.0 Å². The van der Waals surface area contributed by atoms with Crippen LogP contribution in [0.5, 0.6) is 0 Å². The van der Waals surface area contributed by atoms with Crippen LogP contribution in [-0.4, -0.2) is 30.3 Å². The van der Waals surface area contributed by atoms with Gasteiger partial charge in [0.2, 0.25) is 11.8 Å². The first kappa shape index (κ1) is 20.3. The van der Waals surface area contributed by atoms with Crippen LogP contribution in [0.2, 0.25) is 10.0 Å². The van der Waals surface area contributed by atoms with Gasteiger partial charge in [-0.15, -0.1) is 5.10 Å². The van der Waals surface area contributed by atoms with Crippen LogP contribution >= 0.6 is 23.2 Å². The quantitative estimate of drug-likeness (QED) is 0.590. The van der Waals surface area contributed by atoms with E-state index in [0.717, 1.165) is 0 Å². The summed E-state index contributed by atoms with van der Waals surface area (Å²) in [6.45, 7) is 0. The van der Waals surface area contributed by atoms with Crippen LogP contribution in [0.25, 0.3) is 11.5 Å². The number of carbonyl (C=O) groups is 1. The molecule has 1 amide bonds. The molecule has 0 saturated carbocycles. The molecular formula is C18H15Cl2N3O4S. The molecule has 0 bridgehead atoms. The Hall–Kier alpha value is -2.42. The zero-order chi connectivity index (χ0) is 20.1. The molecule has 0 spiro atoms. The summed E-state index contributed by atoms with van der Waals surface area (Å²) in [6.07, 6.45) is 0.133. The second-order valence-corrected chi connectivity index (χ2v) is 8.83. The summed E-state index contributed by atoms with van der Waals surface area (Å²) in [7, 11) is -3.48. The summed E-state index contributed by atoms with van der Waals surface area (Å²) in [4.78, 5) is 12.2. The fourth-order valence-corrected chi connectivity index (χ4v) is 4.00. The predicted molar refractivity (Wildman–Crippen MR) is 106 cm³/mol. The molecule has 7 nitrogen and oxygen atoms in total. The summed E-state index contributed by atoms with van der Waals surface area (Å²) in [5.74, 6) is -0.379. The summed E-state index contributed by atoms with van der Waals surface area (Å²) in [5, 5.41) is 11.0. The number of benzene rings is 2. The Bertz CT molecular complexity index is 1080. The molecule has 0 fully saturated rings. The van der Waals surface area contributed by atoms with Crippen molar-refractivity contribution in [2.75, 3.05) is 11.1 Å². The van der Waals surface area contributed by atoms with Crippen molar-refractivity contribution in [3.05, 3.63) is 58.6 Å². The van der Waals surface area contributed by atoms with Crippen LogP contribution in [0.3, 0.4) is 0 Å². The highest BCUT2D eigenvalue weighted by Gasteiger charge is 2.16. The molecule has 0 atom stereocenters. The Morgan fingerprint density at radius 1 is 1.04 bits per heavy atom. The van der Waals surface area contributed by atoms with Crippen LogP contribution in [0.15, 0.2) is 57.8 Å². The highest BCUT2D eigenvalue weighted by atomic mass is 35.5. The number of carbonyl (C=O) groups excluding carboxylic acids is 1. The molecule has 0 aliphatic rings. The molecule has 28 heavy (non-hydrogen) atoms. The fraction of sp³-hybridized carbons (Fsp3) is 0.167. The number of sulfone groups is 1. The molecule has 0 unspecified atom stereocenters. The van der Waals surface area contributed by atoms with E-state index in [1.165, 1.54) is 24.3 Å². The van der Waals surface area contributed by atoms with Crippen molar-refractivity contribution in [2.45, 2.75) is 17.7 Å². The second-order valence-electron chi connectivity index (χ2n) is 5.85. The molecule has 0 radical (unpaired) electrons. The van der Waals surface area contributed by atoms with Crippen LogP contribution < -0.4 is 5.32 Å². The minimum absolute atomic E-state index is 0.0122. The number of aromatic nitrogens is 2. The summed E-state index contributed by atoms with van der Waals surface area (Å²) in [5.41, 5.74) is 0.620. The molecule has 1 aromatic heterocycles. The number of anilines is 1. The summed E-state index contributed by atoms with van der Waals surface area (Å²) >= 11 is 11.7. The molecule has 1 heterocycles. The lowest BCUT2D eigenvalue weighted by Gasteiger charge is -2.04. The van der Waals surface area contributed by atoms with Crippen molar-refractivity contribution in [3.63, 3.8) is 0 Å². The molecular weight excluding hydrogens is 425 g/mol. The van der Waals surface area contributed by atoms with Crippen molar-refractivity contribution in [3.8, 4) is 11.5 Å². The average Bonchev–Trinajstić information content (AvgIpc) is 3.10. The Balaban J connectivity index is 1.53.